The number of hydrogen-bond acceptors (Lipinski definition) is 4. The van der Waals surface area contributed by atoms with Crippen LogP contribution in [0.2, 0.25) is 0 Å². The Balaban J connectivity index is 1.46. The van der Waals surface area contributed by atoms with Crippen molar-refractivity contribution in [3.63, 3.8) is 0 Å². The number of nitrogens with zero attached hydrogens (tertiary/aromatic N) is 1. The van der Waals surface area contributed by atoms with Gasteiger partial charge in [-0.1, -0.05) is 42.5 Å². The molecule has 0 unspecified atom stereocenters. The van der Waals surface area contributed by atoms with Crippen molar-refractivity contribution in [3.05, 3.63) is 100 Å². The van der Waals surface area contributed by atoms with Crippen LogP contribution >= 0.6 is 0 Å². The van der Waals surface area contributed by atoms with E-state index in [-0.39, 0.29) is 36.1 Å². The van der Waals surface area contributed by atoms with Gasteiger partial charge in [-0.3, -0.25) is 9.59 Å². The van der Waals surface area contributed by atoms with Crippen molar-refractivity contribution in [2.24, 2.45) is 5.73 Å². The van der Waals surface area contributed by atoms with E-state index in [0.717, 1.165) is 22.3 Å². The van der Waals surface area contributed by atoms with Gasteiger partial charge < -0.3 is 21.1 Å². The summed E-state index contributed by atoms with van der Waals surface area (Å²) >= 11 is 0. The van der Waals surface area contributed by atoms with Gasteiger partial charge in [0.1, 0.15) is 5.75 Å². The molecule has 2 amide bonds. The number of fused-ring (bicyclic) bond motifs is 1. The number of nitrogens with one attached hydrogen (secondary N) is 1. The first-order valence-corrected chi connectivity index (χ1v) is 12.1. The predicted octanol–water partition coefficient (Wildman–Crippen LogP) is 3.65. The van der Waals surface area contributed by atoms with Crippen molar-refractivity contribution >= 4 is 11.8 Å². The zero-order valence-electron chi connectivity index (χ0n) is 20.3. The van der Waals surface area contributed by atoms with Crippen molar-refractivity contribution in [1.82, 2.24) is 10.2 Å². The molecular weight excluding hydrogens is 438 g/mol. The third-order valence-electron chi connectivity index (χ3n) is 6.79. The minimum absolute atomic E-state index is 0.0138. The fraction of sp³-hybridized carbons (Fsp3) is 0.310. The Morgan fingerprint density at radius 2 is 1.66 bits per heavy atom. The fourth-order valence-electron chi connectivity index (χ4n) is 4.93. The van der Waals surface area contributed by atoms with Gasteiger partial charge in [0.2, 0.25) is 5.91 Å². The van der Waals surface area contributed by atoms with Crippen LogP contribution in [-0.4, -0.2) is 40.4 Å². The number of aromatic hydroxyl groups is 1. The molecule has 4 rings (SSSR count). The van der Waals surface area contributed by atoms with Crippen LogP contribution in [0, 0.1) is 13.8 Å². The zero-order chi connectivity index (χ0) is 24.9. The van der Waals surface area contributed by atoms with Crippen LogP contribution in [0.25, 0.3) is 0 Å². The van der Waals surface area contributed by atoms with E-state index in [9.17, 15) is 14.7 Å². The van der Waals surface area contributed by atoms with Gasteiger partial charge in [0.25, 0.3) is 5.91 Å². The summed E-state index contributed by atoms with van der Waals surface area (Å²) in [4.78, 5) is 27.9. The topological polar surface area (TPSA) is 95.7 Å². The number of aryl methyl sites for hydroxylation is 2. The average molecular weight is 472 g/mol. The van der Waals surface area contributed by atoms with Crippen LogP contribution in [0.1, 0.15) is 44.6 Å². The van der Waals surface area contributed by atoms with E-state index in [0.29, 0.717) is 31.5 Å². The molecule has 0 spiro atoms. The molecule has 0 saturated carbocycles. The number of rotatable bonds is 7. The lowest BCUT2D eigenvalue weighted by atomic mass is 9.92. The van der Waals surface area contributed by atoms with Gasteiger partial charge >= 0.3 is 0 Å². The summed E-state index contributed by atoms with van der Waals surface area (Å²) in [5.41, 5.74) is 12.4. The molecule has 3 aromatic carbocycles. The molecule has 35 heavy (non-hydrogen) atoms. The van der Waals surface area contributed by atoms with E-state index in [1.807, 2.05) is 49.1 Å². The molecule has 0 fully saturated rings. The highest BCUT2D eigenvalue weighted by Crippen LogP contribution is 2.26. The largest absolute Gasteiger partial charge is 0.508 e. The minimum Gasteiger partial charge on any atom is -0.508 e. The van der Waals surface area contributed by atoms with E-state index in [1.165, 1.54) is 5.56 Å². The highest BCUT2D eigenvalue weighted by molar-refractivity contribution is 5.94. The number of amides is 2. The van der Waals surface area contributed by atoms with Crippen LogP contribution in [-0.2, 0) is 24.2 Å². The molecule has 3 aromatic rings. The summed E-state index contributed by atoms with van der Waals surface area (Å²) in [5.74, 6) is 0.0765. The van der Waals surface area contributed by atoms with Crippen LogP contribution < -0.4 is 11.1 Å². The van der Waals surface area contributed by atoms with Gasteiger partial charge in [0, 0.05) is 31.1 Å². The molecule has 4 N–H and O–H groups in total. The normalized spacial score (nSPS) is 15.9. The highest BCUT2D eigenvalue weighted by atomic mass is 16.3. The smallest absolute Gasteiger partial charge is 0.251 e. The van der Waals surface area contributed by atoms with Gasteiger partial charge in [-0.2, -0.15) is 0 Å². The van der Waals surface area contributed by atoms with E-state index >= 15 is 0 Å². The first-order chi connectivity index (χ1) is 16.8. The van der Waals surface area contributed by atoms with E-state index in [1.54, 1.807) is 24.3 Å². The number of phenolic OH excluding ortho intramolecular Hbond substituents is 1. The third kappa shape index (κ3) is 5.89. The average Bonchev–Trinajstić information content (AvgIpc) is 2.84. The lowest BCUT2D eigenvalue weighted by molar-refractivity contribution is -0.135. The van der Waals surface area contributed by atoms with E-state index in [4.69, 9.17) is 5.73 Å². The maximum absolute atomic E-state index is 13.5. The zero-order valence-corrected chi connectivity index (χ0v) is 20.3. The summed E-state index contributed by atoms with van der Waals surface area (Å²) in [5, 5.41) is 12.8. The standard InChI is InChI=1S/C29H33N3O3/c1-19-12-26(33)13-20(2)27(19)15-24(30)16-28(34)32-18-23-11-7-6-10-22(23)14-25(32)17-31-29(35)21-8-4-3-5-9-21/h3-13,24-25,33H,14-18,30H2,1-2H3,(H,31,35)/t24-,25-/m0/s1. The summed E-state index contributed by atoms with van der Waals surface area (Å²) in [7, 11) is 0. The molecule has 182 valence electrons. The third-order valence-corrected chi connectivity index (χ3v) is 6.79. The van der Waals surface area contributed by atoms with Crippen LogP contribution in [0.15, 0.2) is 66.7 Å². The molecule has 6 nitrogen and oxygen atoms in total. The second-order valence-electron chi connectivity index (χ2n) is 9.45. The monoisotopic (exact) mass is 471 g/mol. The maximum atomic E-state index is 13.5. The molecule has 2 atom stereocenters. The number of benzene rings is 3. The number of nitrogens with two attached hydrogens (primary N) is 1. The molecule has 1 heterocycles. The maximum Gasteiger partial charge on any atom is 0.251 e. The molecule has 0 radical (unpaired) electrons. The van der Waals surface area contributed by atoms with Crippen LogP contribution in [0.4, 0.5) is 0 Å². The SMILES string of the molecule is Cc1cc(O)cc(C)c1C[C@H](N)CC(=O)N1Cc2ccccc2C[C@H]1CNC(=O)c1ccccc1. The van der Waals surface area contributed by atoms with Crippen molar-refractivity contribution in [1.29, 1.82) is 0 Å². The molecule has 6 heteroatoms. The summed E-state index contributed by atoms with van der Waals surface area (Å²) < 4.78 is 0. The molecule has 1 aliphatic rings. The summed E-state index contributed by atoms with van der Waals surface area (Å²) in [6.45, 7) is 4.78. The Morgan fingerprint density at radius 3 is 2.34 bits per heavy atom. The Morgan fingerprint density at radius 1 is 1.03 bits per heavy atom. The molecular formula is C29H33N3O3. The second kappa shape index (κ2) is 10.7. The first kappa shape index (κ1) is 24.5. The molecule has 0 aliphatic carbocycles. The van der Waals surface area contributed by atoms with Gasteiger partial charge in [-0.05, 0) is 78.8 Å². The van der Waals surface area contributed by atoms with Crippen molar-refractivity contribution < 1.29 is 14.7 Å². The van der Waals surface area contributed by atoms with Crippen molar-refractivity contribution in [3.8, 4) is 5.75 Å². The number of carbonyl (C=O) groups excluding carboxylic acids is 2. The molecule has 1 aliphatic heterocycles. The quantitative estimate of drug-likeness (QED) is 0.490. The summed E-state index contributed by atoms with van der Waals surface area (Å²) in [6.07, 6.45) is 1.46. The van der Waals surface area contributed by atoms with Gasteiger partial charge in [0.15, 0.2) is 0 Å². The predicted molar refractivity (Wildman–Crippen MR) is 137 cm³/mol. The Hall–Kier alpha value is -3.64. The van der Waals surface area contributed by atoms with Gasteiger partial charge in [-0.15, -0.1) is 0 Å². The number of carbonyl (C=O) groups is 2. The number of phenols is 1. The summed E-state index contributed by atoms with van der Waals surface area (Å²) in [6, 6.07) is 20.2. The molecule has 0 saturated heterocycles. The minimum atomic E-state index is -0.346. The van der Waals surface area contributed by atoms with E-state index < -0.39 is 0 Å². The Bertz CT molecular complexity index is 1190. The van der Waals surface area contributed by atoms with Crippen molar-refractivity contribution in [2.75, 3.05) is 6.54 Å². The van der Waals surface area contributed by atoms with Gasteiger partial charge in [0.05, 0.1) is 6.04 Å². The Kier molecular flexibility index (Phi) is 7.51. The lowest BCUT2D eigenvalue weighted by Crippen LogP contribution is -2.51. The fourth-order valence-corrected chi connectivity index (χ4v) is 4.93. The van der Waals surface area contributed by atoms with Crippen LogP contribution in [0.3, 0.4) is 0 Å². The first-order valence-electron chi connectivity index (χ1n) is 12.1. The van der Waals surface area contributed by atoms with E-state index in [2.05, 4.69) is 17.4 Å². The van der Waals surface area contributed by atoms with Crippen LogP contribution in [0.5, 0.6) is 5.75 Å². The number of hydrogen-bond donors (Lipinski definition) is 3. The molecule has 0 aromatic heterocycles. The van der Waals surface area contributed by atoms with Gasteiger partial charge in [-0.25, -0.2) is 0 Å². The lowest BCUT2D eigenvalue weighted by Gasteiger charge is -2.37. The second-order valence-corrected chi connectivity index (χ2v) is 9.45. The Labute approximate surface area is 206 Å². The highest BCUT2D eigenvalue weighted by Gasteiger charge is 2.30. The molecule has 0 bridgehead atoms. The van der Waals surface area contributed by atoms with Crippen molar-refractivity contribution in [2.45, 2.75) is 51.7 Å².